The maximum atomic E-state index is 12.1. The summed E-state index contributed by atoms with van der Waals surface area (Å²) in [7, 11) is 0. The Balaban J connectivity index is 1.86. The molecule has 2 rings (SSSR count). The maximum Gasteiger partial charge on any atom is 0.227 e. The van der Waals surface area contributed by atoms with Gasteiger partial charge in [0.1, 0.15) is 0 Å². The summed E-state index contributed by atoms with van der Waals surface area (Å²) < 4.78 is 0. The van der Waals surface area contributed by atoms with Gasteiger partial charge in [-0.1, -0.05) is 0 Å². The third kappa shape index (κ3) is 3.54. The molecule has 1 unspecified atom stereocenters. The summed E-state index contributed by atoms with van der Waals surface area (Å²) in [6.45, 7) is 2.56. The van der Waals surface area contributed by atoms with Crippen molar-refractivity contribution < 1.29 is 4.79 Å². The fourth-order valence-corrected chi connectivity index (χ4v) is 3.11. The lowest BCUT2D eigenvalue weighted by Crippen LogP contribution is -2.41. The topological polar surface area (TPSA) is 46.3 Å². The second-order valence-electron chi connectivity index (χ2n) is 4.73. The molecule has 2 heterocycles. The number of nitrogens with zero attached hydrogens (tertiary/aromatic N) is 1. The number of carbonyl (C=O) groups excluding carboxylic acids is 1. The van der Waals surface area contributed by atoms with Crippen molar-refractivity contribution in [2.45, 2.75) is 25.7 Å². The van der Waals surface area contributed by atoms with Gasteiger partial charge in [0.25, 0.3) is 0 Å². The first kappa shape index (κ1) is 12.6. The van der Waals surface area contributed by atoms with Crippen molar-refractivity contribution in [3.05, 3.63) is 22.4 Å². The second-order valence-corrected chi connectivity index (χ2v) is 5.51. The molecule has 1 aliphatic heterocycles. The number of thiophene rings is 1. The summed E-state index contributed by atoms with van der Waals surface area (Å²) in [5.74, 6) is 0.880. The molecule has 0 aliphatic carbocycles. The SMILES string of the molecule is NCCC1CCCN(C(=O)Cc2ccsc2)C1. The number of nitrogens with two attached hydrogens (primary N) is 1. The molecular formula is C13H20N2OS. The van der Waals surface area contributed by atoms with Gasteiger partial charge in [-0.15, -0.1) is 0 Å². The molecule has 1 saturated heterocycles. The van der Waals surface area contributed by atoms with Crippen LogP contribution in [0, 0.1) is 5.92 Å². The van der Waals surface area contributed by atoms with E-state index in [0.717, 1.165) is 38.0 Å². The molecule has 1 aliphatic rings. The van der Waals surface area contributed by atoms with Crippen LogP contribution in [0.25, 0.3) is 0 Å². The van der Waals surface area contributed by atoms with E-state index >= 15 is 0 Å². The molecule has 0 spiro atoms. The number of hydrogen-bond acceptors (Lipinski definition) is 3. The van der Waals surface area contributed by atoms with Crippen LogP contribution in [0.4, 0.5) is 0 Å². The highest BCUT2D eigenvalue weighted by Crippen LogP contribution is 2.20. The van der Waals surface area contributed by atoms with E-state index in [0.29, 0.717) is 12.3 Å². The third-order valence-electron chi connectivity index (χ3n) is 3.38. The fraction of sp³-hybridized carbons (Fsp3) is 0.615. The Morgan fingerprint density at radius 2 is 2.47 bits per heavy atom. The van der Waals surface area contributed by atoms with Gasteiger partial charge in [-0.25, -0.2) is 0 Å². The number of hydrogen-bond donors (Lipinski definition) is 1. The van der Waals surface area contributed by atoms with Crippen LogP contribution in [-0.4, -0.2) is 30.4 Å². The molecule has 94 valence electrons. The zero-order chi connectivity index (χ0) is 12.1. The van der Waals surface area contributed by atoms with Crippen molar-refractivity contribution in [1.82, 2.24) is 4.90 Å². The molecule has 0 bridgehead atoms. The number of rotatable bonds is 4. The highest BCUT2D eigenvalue weighted by Gasteiger charge is 2.22. The zero-order valence-electron chi connectivity index (χ0n) is 10.1. The number of likely N-dealkylation sites (tertiary alicyclic amines) is 1. The van der Waals surface area contributed by atoms with Crippen LogP contribution in [0.2, 0.25) is 0 Å². The van der Waals surface area contributed by atoms with Gasteiger partial charge in [-0.2, -0.15) is 11.3 Å². The summed E-state index contributed by atoms with van der Waals surface area (Å²) in [6.07, 6.45) is 3.94. The van der Waals surface area contributed by atoms with Gasteiger partial charge in [-0.05, 0) is 54.1 Å². The molecule has 2 N–H and O–H groups in total. The molecule has 3 nitrogen and oxygen atoms in total. The first-order chi connectivity index (χ1) is 8.29. The Hall–Kier alpha value is -0.870. The van der Waals surface area contributed by atoms with E-state index in [1.807, 2.05) is 16.3 Å². The molecule has 1 aromatic rings. The average Bonchev–Trinajstić information content (AvgIpc) is 2.83. The smallest absolute Gasteiger partial charge is 0.227 e. The van der Waals surface area contributed by atoms with Gasteiger partial charge in [0, 0.05) is 13.1 Å². The van der Waals surface area contributed by atoms with Crippen molar-refractivity contribution in [3.63, 3.8) is 0 Å². The fourth-order valence-electron chi connectivity index (χ4n) is 2.44. The van der Waals surface area contributed by atoms with E-state index in [-0.39, 0.29) is 5.91 Å². The molecule has 1 atom stereocenters. The minimum absolute atomic E-state index is 0.269. The van der Waals surface area contributed by atoms with Gasteiger partial charge >= 0.3 is 0 Å². The van der Waals surface area contributed by atoms with E-state index in [1.165, 1.54) is 6.42 Å². The molecule has 0 saturated carbocycles. The van der Waals surface area contributed by atoms with E-state index in [2.05, 4.69) is 5.38 Å². The Kier molecular flexibility index (Phi) is 4.57. The van der Waals surface area contributed by atoms with E-state index in [4.69, 9.17) is 5.73 Å². The lowest BCUT2D eigenvalue weighted by molar-refractivity contribution is -0.132. The van der Waals surface area contributed by atoms with Crippen LogP contribution in [0.5, 0.6) is 0 Å². The molecule has 4 heteroatoms. The summed E-state index contributed by atoms with van der Waals surface area (Å²) in [6, 6.07) is 2.03. The summed E-state index contributed by atoms with van der Waals surface area (Å²) in [5, 5.41) is 4.08. The standard InChI is InChI=1S/C13H20N2OS/c14-5-3-11-2-1-6-15(9-11)13(16)8-12-4-7-17-10-12/h4,7,10-11H,1-3,5-6,8-9,14H2. The van der Waals surface area contributed by atoms with Crippen molar-refractivity contribution in [2.24, 2.45) is 11.7 Å². The number of carbonyl (C=O) groups is 1. The Bertz CT molecular complexity index is 348. The van der Waals surface area contributed by atoms with Gasteiger partial charge in [0.05, 0.1) is 6.42 Å². The summed E-state index contributed by atoms with van der Waals surface area (Å²) in [4.78, 5) is 14.1. The van der Waals surface area contributed by atoms with Gasteiger partial charge in [0.2, 0.25) is 5.91 Å². The Labute approximate surface area is 107 Å². The number of amides is 1. The van der Waals surface area contributed by atoms with Gasteiger partial charge in [-0.3, -0.25) is 4.79 Å². The van der Waals surface area contributed by atoms with Crippen LogP contribution >= 0.6 is 11.3 Å². The monoisotopic (exact) mass is 252 g/mol. The first-order valence-electron chi connectivity index (χ1n) is 6.28. The van der Waals surface area contributed by atoms with Crippen molar-refractivity contribution in [1.29, 1.82) is 0 Å². The van der Waals surface area contributed by atoms with Crippen molar-refractivity contribution >= 4 is 17.2 Å². The molecule has 1 fully saturated rings. The maximum absolute atomic E-state index is 12.1. The molecule has 17 heavy (non-hydrogen) atoms. The molecule has 1 aromatic heterocycles. The van der Waals surface area contributed by atoms with Gasteiger partial charge < -0.3 is 10.6 Å². The van der Waals surface area contributed by atoms with Crippen LogP contribution < -0.4 is 5.73 Å². The minimum atomic E-state index is 0.269. The van der Waals surface area contributed by atoms with Crippen LogP contribution in [0.1, 0.15) is 24.8 Å². The van der Waals surface area contributed by atoms with Crippen molar-refractivity contribution in [3.8, 4) is 0 Å². The largest absolute Gasteiger partial charge is 0.342 e. The normalized spacial score (nSPS) is 20.5. The predicted octanol–water partition coefficient (Wildman–Crippen LogP) is 1.88. The summed E-state index contributed by atoms with van der Waals surface area (Å²) in [5.41, 5.74) is 6.73. The number of piperidine rings is 1. The average molecular weight is 252 g/mol. The highest BCUT2D eigenvalue weighted by atomic mass is 32.1. The van der Waals surface area contributed by atoms with Crippen LogP contribution in [0.3, 0.4) is 0 Å². The minimum Gasteiger partial charge on any atom is -0.342 e. The Morgan fingerprint density at radius 3 is 3.18 bits per heavy atom. The van der Waals surface area contributed by atoms with E-state index in [9.17, 15) is 4.79 Å². The van der Waals surface area contributed by atoms with E-state index < -0.39 is 0 Å². The quantitative estimate of drug-likeness (QED) is 0.889. The molecule has 1 amide bonds. The Morgan fingerprint density at radius 1 is 1.59 bits per heavy atom. The third-order valence-corrected chi connectivity index (χ3v) is 4.11. The van der Waals surface area contributed by atoms with E-state index in [1.54, 1.807) is 11.3 Å². The summed E-state index contributed by atoms with van der Waals surface area (Å²) >= 11 is 1.65. The zero-order valence-corrected chi connectivity index (χ0v) is 10.9. The first-order valence-corrected chi connectivity index (χ1v) is 7.23. The highest BCUT2D eigenvalue weighted by molar-refractivity contribution is 7.07. The van der Waals surface area contributed by atoms with Gasteiger partial charge in [0.15, 0.2) is 0 Å². The predicted molar refractivity (Wildman–Crippen MR) is 71.0 cm³/mol. The van der Waals surface area contributed by atoms with Crippen LogP contribution in [0.15, 0.2) is 16.8 Å². The molecule has 0 radical (unpaired) electrons. The lowest BCUT2D eigenvalue weighted by atomic mass is 9.94. The van der Waals surface area contributed by atoms with Crippen molar-refractivity contribution in [2.75, 3.05) is 19.6 Å². The van der Waals surface area contributed by atoms with Crippen LogP contribution in [-0.2, 0) is 11.2 Å². The molecular weight excluding hydrogens is 232 g/mol. The second kappa shape index (κ2) is 6.17. The lowest BCUT2D eigenvalue weighted by Gasteiger charge is -2.32. The molecule has 0 aromatic carbocycles.